The number of ketones is 1. The van der Waals surface area contributed by atoms with Crippen molar-refractivity contribution in [1.82, 2.24) is 9.55 Å². The van der Waals surface area contributed by atoms with Crippen LogP contribution in [0.1, 0.15) is 31.0 Å². The molecule has 0 amide bonds. The molecule has 0 saturated carbocycles. The predicted octanol–water partition coefficient (Wildman–Crippen LogP) is 5.19. The van der Waals surface area contributed by atoms with E-state index >= 15 is 0 Å². The van der Waals surface area contributed by atoms with E-state index in [0.717, 1.165) is 12.1 Å². The number of aliphatic hydroxyl groups is 1. The number of alkyl halides is 3. The van der Waals surface area contributed by atoms with Gasteiger partial charge in [-0.1, -0.05) is 24.3 Å². The van der Waals surface area contributed by atoms with Crippen molar-refractivity contribution in [2.75, 3.05) is 0 Å². The van der Waals surface area contributed by atoms with Gasteiger partial charge in [0, 0.05) is 6.42 Å². The molecule has 0 fully saturated rings. The van der Waals surface area contributed by atoms with Gasteiger partial charge in [-0.2, -0.15) is 13.2 Å². The third-order valence-corrected chi connectivity index (χ3v) is 5.19. The molecule has 0 spiro atoms. The molecule has 1 unspecified atom stereocenters. The fraction of sp³-hybridized carbons (Fsp3) is 0.286. The van der Waals surface area contributed by atoms with Crippen molar-refractivity contribution in [1.29, 1.82) is 0 Å². The summed E-state index contributed by atoms with van der Waals surface area (Å²) < 4.78 is 55.1. The number of carbonyl (C=O) groups is 1. The zero-order chi connectivity index (χ0) is 24.3. The molecular formula is C21H17EsF4N4O3-. The molecule has 7 nitrogen and oxygen atoms in total. The maximum atomic E-state index is 14.2. The van der Waals surface area contributed by atoms with Crippen LogP contribution in [-0.4, -0.2) is 26.0 Å². The molecule has 0 aliphatic rings. The number of nitrogens with zero attached hydrogens (tertiary/aromatic N) is 4. The molecule has 12 heteroatoms. The number of aromatic nitrogens is 2. The molecule has 33 heavy (non-hydrogen) atoms. The monoisotopic (exact) mass is 701 g/mol. The van der Waals surface area contributed by atoms with E-state index in [2.05, 4.69) is 9.83 Å². The Morgan fingerprint density at radius 3 is 2.48 bits per heavy atom. The normalized spacial score (nSPS) is 13.6. The molecule has 1 heterocycles. The summed E-state index contributed by atoms with van der Waals surface area (Å²) in [6.45, 7) is 9.60. The van der Waals surface area contributed by atoms with Gasteiger partial charge in [-0.3, -0.25) is 4.79 Å². The molecule has 1 radical (unpaired) electrons. The Labute approximate surface area is 179 Å². The number of hydrogen-bond donors (Lipinski definition) is 1. The van der Waals surface area contributed by atoms with Crippen molar-refractivity contribution in [3.05, 3.63) is 81.6 Å². The number of carbonyl (C=O) groups excluding carboxylic acids is 1. The summed E-state index contributed by atoms with van der Waals surface area (Å²) in [5.41, 5.74) is 2.48. The second kappa shape index (κ2) is 9.65. The van der Waals surface area contributed by atoms with Crippen molar-refractivity contribution in [3.8, 4) is 0 Å². The second-order valence-corrected chi connectivity index (χ2v) is 7.14. The smallest absolute Gasteiger partial charge is 0.407 e. The van der Waals surface area contributed by atoms with Gasteiger partial charge < -0.3 is 20.2 Å². The van der Waals surface area contributed by atoms with Gasteiger partial charge in [0.25, 0.3) is 0 Å². The first-order chi connectivity index (χ1) is 15.0. The summed E-state index contributed by atoms with van der Waals surface area (Å²) in [6.07, 6.45) is -3.94. The molecule has 2 aromatic carbocycles. The minimum Gasteiger partial charge on any atom is -0.577 e. The van der Waals surface area contributed by atoms with Crippen LogP contribution >= 0.6 is 0 Å². The van der Waals surface area contributed by atoms with Gasteiger partial charge in [0.05, 0.1) is 30.0 Å². The number of halogens is 4. The molecule has 3 rings (SSSR count). The topological polar surface area (TPSA) is 98.8 Å². The third kappa shape index (κ3) is 4.99. The van der Waals surface area contributed by atoms with Crippen LogP contribution in [0.2, 0.25) is 0 Å². The molecular weight excluding hydrogens is 684 g/mol. The van der Waals surface area contributed by atoms with Crippen LogP contribution in [0.4, 0.5) is 23.2 Å². The minimum atomic E-state index is -4.75. The quantitative estimate of drug-likeness (QED) is 0.293. The summed E-state index contributed by atoms with van der Waals surface area (Å²) in [4.78, 5) is 27.0. The van der Waals surface area contributed by atoms with Crippen LogP contribution in [0, 0.1) is 17.3 Å². The van der Waals surface area contributed by atoms with E-state index in [1.54, 1.807) is 6.07 Å². The van der Waals surface area contributed by atoms with Crippen molar-refractivity contribution in [3.63, 3.8) is 0 Å². The van der Waals surface area contributed by atoms with Gasteiger partial charge in [0.15, 0.2) is 11.5 Å². The van der Waals surface area contributed by atoms with Crippen LogP contribution in [0.3, 0.4) is 0 Å². The van der Waals surface area contributed by atoms with Gasteiger partial charge in [-0.15, -0.1) is 0 Å². The number of rotatable bonds is 5. The number of Topliss-reactive ketones (excluding diaryl/α,β-unsaturated/α-hetero) is 1. The third-order valence-electron chi connectivity index (χ3n) is 5.19. The van der Waals surface area contributed by atoms with Crippen LogP contribution < -0.4 is 0 Å². The Morgan fingerprint density at radius 2 is 1.91 bits per heavy atom. The van der Waals surface area contributed by atoms with E-state index in [-0.39, 0.29) is 11.1 Å². The summed E-state index contributed by atoms with van der Waals surface area (Å²) in [5, 5.41) is 10.9. The molecule has 0 bridgehead atoms. The molecule has 179 valence electrons. The maximum absolute atomic E-state index is 14.2. The van der Waals surface area contributed by atoms with Crippen molar-refractivity contribution >= 4 is 22.5 Å². The van der Waals surface area contributed by atoms with Gasteiger partial charge >= 0.3 is 6.18 Å². The summed E-state index contributed by atoms with van der Waals surface area (Å²) >= 11 is 0. The maximum Gasteiger partial charge on any atom is 0.407 e. The molecule has 3 aromatic rings. The number of benzene rings is 2. The number of para-hydroxylation sites is 1. The first-order valence-electron chi connectivity index (χ1n) is 9.09. The summed E-state index contributed by atoms with van der Waals surface area (Å²) in [7, 11) is 0. The van der Waals surface area contributed by atoms with E-state index in [0.29, 0.717) is 5.52 Å². The standard InChI is InChI=1S/C21H17F4N3O2.Es.NO/c1-12(28-11-27-17-6-4-5-15(22)19(17)28)20(2,30)18(29)10-13-7-8-16(26-3)14(9-13)21(23,24)25;;1-2/h4-9,11-12,30H,10H2,1-2H3;;/q;;-1/t12?,20-;;/m0../s1. The van der Waals surface area contributed by atoms with Gasteiger partial charge in [0.1, 0.15) is 16.9 Å². The van der Waals surface area contributed by atoms with E-state index in [9.17, 15) is 27.5 Å². The average molecular weight is 701 g/mol. The molecule has 0 saturated heterocycles. The Bertz CT molecular complexity index is 1190. The minimum absolute atomic E-state index is 0. The SMILES string of the molecule is [C-]#[N+]c1ccc(CC(=O)[C@@](C)(O)C(C)n2cnc3cccc(F)c32)cc1C(F)(F)F.[Es].[N-]=O. The Balaban J connectivity index is 0.00000177. The zero-order valence-electron chi connectivity index (χ0n) is 17.2. The van der Waals surface area contributed by atoms with E-state index in [1.165, 1.54) is 42.9 Å². The molecule has 2 atom stereocenters. The van der Waals surface area contributed by atoms with Crippen LogP contribution in [-0.2, 0) is 17.4 Å². The van der Waals surface area contributed by atoms with Crippen molar-refractivity contribution < 1.29 is 27.5 Å². The van der Waals surface area contributed by atoms with E-state index in [4.69, 9.17) is 17.1 Å². The van der Waals surface area contributed by atoms with Gasteiger partial charge in [-0.05, 0) is 31.5 Å². The van der Waals surface area contributed by atoms with E-state index in [1.807, 2.05) is 0 Å². The van der Waals surface area contributed by atoms with Gasteiger partial charge in [0.2, 0.25) is 0 Å². The summed E-state index contributed by atoms with van der Waals surface area (Å²) in [5.74, 6) is -1.33. The molecule has 0 aliphatic carbocycles. The predicted molar refractivity (Wildman–Crippen MR) is 108 cm³/mol. The van der Waals surface area contributed by atoms with Crippen LogP contribution in [0.5, 0.6) is 0 Å². The Hall–Kier alpha value is -4.65. The van der Waals surface area contributed by atoms with Gasteiger partial charge in [-0.25, -0.2) is 14.2 Å². The van der Waals surface area contributed by atoms with Crippen molar-refractivity contribution in [2.24, 2.45) is 0 Å². The zero-order valence-corrected chi connectivity index (χ0v) is 19.7. The number of fused-ring (bicyclic) bond motifs is 1. The molecule has 1 aromatic heterocycles. The molecule has 1 N–H and O–H groups in total. The van der Waals surface area contributed by atoms with Crippen LogP contribution in [0.15, 0.2) is 42.7 Å². The average Bonchev–Trinajstić information content (AvgIpc) is 3.19. The Morgan fingerprint density at radius 1 is 1.27 bits per heavy atom. The van der Waals surface area contributed by atoms with E-state index < -0.39 is 47.1 Å². The first-order valence-corrected chi connectivity index (χ1v) is 9.09. The number of imidazole rings is 1. The summed E-state index contributed by atoms with van der Waals surface area (Å²) in [6, 6.07) is 6.31. The van der Waals surface area contributed by atoms with Crippen molar-refractivity contribution in [2.45, 2.75) is 38.1 Å². The second-order valence-electron chi connectivity index (χ2n) is 7.14. The fourth-order valence-corrected chi connectivity index (χ4v) is 3.23. The fourth-order valence-electron chi connectivity index (χ4n) is 3.23. The Kier molecular flexibility index (Phi) is 7.72. The number of nitroso groups, excluding NO2 is 1. The largest absolute Gasteiger partial charge is 0.577 e. The molecule has 0 aliphatic heterocycles. The van der Waals surface area contributed by atoms with Crippen LogP contribution in [0.25, 0.3) is 21.5 Å². The first kappa shape index (κ1) is 26.4. The number of hydrogen-bond acceptors (Lipinski definition) is 4.